The highest BCUT2D eigenvalue weighted by Gasteiger charge is 2.51. The molecule has 3 saturated carbocycles. The summed E-state index contributed by atoms with van der Waals surface area (Å²) in [5, 5.41) is 61.3. The van der Waals surface area contributed by atoms with Crippen molar-refractivity contribution < 1.29 is 53.1 Å². The van der Waals surface area contributed by atoms with Crippen molar-refractivity contribution in [2.75, 3.05) is 0 Å². The molecule has 0 bridgehead atoms. The largest absolute Gasteiger partial charge is 0.479 e. The maximum Gasteiger partial charge on any atom is 0.335 e. The minimum Gasteiger partial charge on any atom is -0.479 e. The fourth-order valence-electron chi connectivity index (χ4n) is 7.90. The molecule has 11 atom stereocenters. The van der Waals surface area contributed by atoms with E-state index in [-0.39, 0.29) is 23.7 Å². The summed E-state index contributed by atoms with van der Waals surface area (Å²) in [5.74, 6) is -0.857. The summed E-state index contributed by atoms with van der Waals surface area (Å²) in [7, 11) is 0. The van der Waals surface area contributed by atoms with Crippen molar-refractivity contribution in [3.05, 3.63) is 35.5 Å². The molecular formula is C33H52O9. The van der Waals surface area contributed by atoms with Gasteiger partial charge in [0.2, 0.25) is 0 Å². The monoisotopic (exact) mass is 598 g/mol. The molecule has 4 rings (SSSR count). The molecule has 4 fully saturated rings. The zero-order chi connectivity index (χ0) is 36.0. The summed E-state index contributed by atoms with van der Waals surface area (Å²) in [5.41, 5.74) is -0.0441. The number of carboxylic acid groups (broad SMARTS) is 1. The van der Waals surface area contributed by atoms with E-state index in [0.29, 0.717) is 31.6 Å². The fraction of sp³-hybridized carbons (Fsp3) is 0.788. The van der Waals surface area contributed by atoms with E-state index in [1.807, 2.05) is 13.0 Å². The van der Waals surface area contributed by atoms with Crippen LogP contribution in [0.25, 0.3) is 0 Å². The van der Waals surface area contributed by atoms with Crippen LogP contribution in [0.1, 0.15) is 100.0 Å². The van der Waals surface area contributed by atoms with Crippen LogP contribution >= 0.6 is 0 Å². The molecule has 9 heteroatoms. The van der Waals surface area contributed by atoms with Crippen molar-refractivity contribution in [1.82, 2.24) is 0 Å². The van der Waals surface area contributed by atoms with Crippen molar-refractivity contribution in [1.29, 1.82) is 0 Å². The standard InChI is InChI=1S/C33H52O9/c1-18-8-12-22(41-31-28(37)26(35)27(36)29(42-31)30(38)39)17-21(18)11-10-20-7-6-16-33(5)23(13-14-24(20)33)19(2)9-15-25(34)32(3,4)40/h10-11,19,22-29,31,34-37,40H,1,6-9,12-17H2,2-5H3,(H,38,39)/b20-10+,21-11-/t19-,22+,23-,24+,25-,26?,27+,28?,29+,31-,33-/m1/s1/i3D3,4D3. The van der Waals surface area contributed by atoms with Crippen LogP contribution in [0.3, 0.4) is 0 Å². The van der Waals surface area contributed by atoms with Crippen LogP contribution in [0.5, 0.6) is 0 Å². The molecular weight excluding hydrogens is 540 g/mol. The summed E-state index contributed by atoms with van der Waals surface area (Å²) < 4.78 is 57.0. The van der Waals surface area contributed by atoms with Gasteiger partial charge in [-0.2, -0.15) is 0 Å². The van der Waals surface area contributed by atoms with E-state index in [9.17, 15) is 35.4 Å². The quantitative estimate of drug-likeness (QED) is 0.233. The topological polar surface area (TPSA) is 157 Å². The summed E-state index contributed by atoms with van der Waals surface area (Å²) in [6, 6.07) is 0. The second-order valence-corrected chi connectivity index (χ2v) is 13.2. The molecule has 0 aromatic carbocycles. The number of aliphatic carboxylic acids is 1. The van der Waals surface area contributed by atoms with Crippen molar-refractivity contribution in [3.63, 3.8) is 0 Å². The van der Waals surface area contributed by atoms with Gasteiger partial charge in [0.1, 0.15) is 18.3 Å². The number of aliphatic hydroxyl groups excluding tert-OH is 4. The second-order valence-electron chi connectivity index (χ2n) is 13.2. The SMILES string of the molecule is [2H]C([2H])([2H])C(O)([C@H](O)CC[C@@H](C)[C@H]1CC[C@H]2/C(=C/C=C3/C[C@@H](O[C@@H]4O[C@H](C(=O)O)[C@@H](O)C(O)C4O)CCC3=C)CCC[C@]12C)C([2H])([2H])[2H]. The number of hydrogen-bond donors (Lipinski definition) is 6. The van der Waals surface area contributed by atoms with Gasteiger partial charge in [0, 0.05) is 8.22 Å². The number of ether oxygens (including phenoxy) is 2. The predicted molar refractivity (Wildman–Crippen MR) is 157 cm³/mol. The first-order valence-electron chi connectivity index (χ1n) is 18.2. The van der Waals surface area contributed by atoms with Crippen LogP contribution < -0.4 is 0 Å². The zero-order valence-electron chi connectivity index (χ0n) is 30.6. The molecule has 42 heavy (non-hydrogen) atoms. The lowest BCUT2D eigenvalue weighted by atomic mass is 9.60. The molecule has 0 spiro atoms. The summed E-state index contributed by atoms with van der Waals surface area (Å²) in [4.78, 5) is 11.5. The minimum atomic E-state index is -3.28. The molecule has 1 aliphatic heterocycles. The molecule has 1 saturated heterocycles. The van der Waals surface area contributed by atoms with Crippen molar-refractivity contribution in [2.24, 2.45) is 23.2 Å². The average Bonchev–Trinajstić information content (AvgIpc) is 3.35. The molecule has 9 nitrogen and oxygen atoms in total. The van der Waals surface area contributed by atoms with Crippen molar-refractivity contribution >= 4 is 5.97 Å². The smallest absolute Gasteiger partial charge is 0.335 e. The number of carbonyl (C=O) groups is 1. The predicted octanol–water partition coefficient (Wildman–Crippen LogP) is 3.62. The third-order valence-electron chi connectivity index (χ3n) is 10.4. The maximum absolute atomic E-state index is 11.5. The van der Waals surface area contributed by atoms with Gasteiger partial charge in [-0.15, -0.1) is 0 Å². The number of allylic oxidation sites excluding steroid dienone is 4. The van der Waals surface area contributed by atoms with Crippen LogP contribution in [-0.4, -0.2) is 85.1 Å². The first-order chi connectivity index (χ1) is 22.1. The number of carboxylic acids is 1. The van der Waals surface area contributed by atoms with E-state index in [1.54, 1.807) is 0 Å². The van der Waals surface area contributed by atoms with Gasteiger partial charge in [-0.1, -0.05) is 43.7 Å². The number of fused-ring (bicyclic) bond motifs is 1. The van der Waals surface area contributed by atoms with E-state index in [0.717, 1.165) is 43.3 Å². The first kappa shape index (κ1) is 25.7. The molecule has 4 aliphatic rings. The van der Waals surface area contributed by atoms with Gasteiger partial charge in [0.25, 0.3) is 0 Å². The summed E-state index contributed by atoms with van der Waals surface area (Å²) in [6.45, 7) is 1.98. The van der Waals surface area contributed by atoms with Gasteiger partial charge in [-0.05, 0) is 107 Å². The van der Waals surface area contributed by atoms with Crippen LogP contribution in [0.15, 0.2) is 35.5 Å². The fourth-order valence-corrected chi connectivity index (χ4v) is 7.90. The number of rotatable bonds is 9. The van der Waals surface area contributed by atoms with E-state index in [2.05, 4.69) is 19.6 Å². The van der Waals surface area contributed by atoms with Gasteiger partial charge in [-0.25, -0.2) is 4.79 Å². The molecule has 0 aromatic rings. The third kappa shape index (κ3) is 7.04. The van der Waals surface area contributed by atoms with Gasteiger partial charge in [0.05, 0.1) is 17.8 Å². The van der Waals surface area contributed by atoms with E-state index < -0.39 is 68.2 Å². The number of hydrogen-bond acceptors (Lipinski definition) is 8. The van der Waals surface area contributed by atoms with Crippen LogP contribution in [0.2, 0.25) is 0 Å². The van der Waals surface area contributed by atoms with Gasteiger partial charge in [-0.3, -0.25) is 0 Å². The summed E-state index contributed by atoms with van der Waals surface area (Å²) in [6.07, 6.45) is 0.158. The highest BCUT2D eigenvalue weighted by molar-refractivity contribution is 5.73. The Balaban J connectivity index is 1.43. The Hall–Kier alpha value is -1.59. The van der Waals surface area contributed by atoms with E-state index >= 15 is 0 Å². The molecule has 2 unspecified atom stereocenters. The summed E-state index contributed by atoms with van der Waals surface area (Å²) >= 11 is 0. The molecule has 3 aliphatic carbocycles. The normalized spacial score (nSPS) is 43.8. The number of aliphatic hydroxyl groups is 5. The van der Waals surface area contributed by atoms with E-state index in [4.69, 9.17) is 17.7 Å². The van der Waals surface area contributed by atoms with E-state index in [1.165, 1.54) is 5.57 Å². The molecule has 0 radical (unpaired) electrons. The Labute approximate surface area is 258 Å². The third-order valence-corrected chi connectivity index (χ3v) is 10.4. The van der Waals surface area contributed by atoms with Crippen LogP contribution in [0, 0.1) is 23.2 Å². The Kier molecular flexibility index (Phi) is 8.07. The average molecular weight is 599 g/mol. The van der Waals surface area contributed by atoms with Gasteiger partial charge < -0.3 is 40.1 Å². The van der Waals surface area contributed by atoms with Gasteiger partial charge in [0.15, 0.2) is 12.4 Å². The molecule has 0 aromatic heterocycles. The van der Waals surface area contributed by atoms with Crippen molar-refractivity contribution in [3.8, 4) is 0 Å². The first-order valence-corrected chi connectivity index (χ1v) is 15.2. The van der Waals surface area contributed by atoms with Crippen LogP contribution in [0.4, 0.5) is 0 Å². The highest BCUT2D eigenvalue weighted by Crippen LogP contribution is 2.60. The highest BCUT2D eigenvalue weighted by atomic mass is 16.7. The minimum absolute atomic E-state index is 0.0485. The lowest BCUT2D eigenvalue weighted by Crippen LogP contribution is -2.60. The Morgan fingerprint density at radius 3 is 2.60 bits per heavy atom. The maximum atomic E-state index is 11.5. The van der Waals surface area contributed by atoms with Crippen molar-refractivity contribution in [2.45, 2.75) is 140 Å². The lowest BCUT2D eigenvalue weighted by molar-refractivity contribution is -0.304. The zero-order valence-corrected chi connectivity index (χ0v) is 24.6. The molecule has 0 amide bonds. The van der Waals surface area contributed by atoms with Gasteiger partial charge >= 0.3 is 5.97 Å². The Bertz CT molecular complexity index is 1230. The Morgan fingerprint density at radius 2 is 1.90 bits per heavy atom. The molecule has 238 valence electrons. The molecule has 6 N–H and O–H groups in total. The lowest BCUT2D eigenvalue weighted by Gasteiger charge is -2.44. The van der Waals surface area contributed by atoms with Crippen LogP contribution in [-0.2, 0) is 14.3 Å². The molecule has 1 heterocycles. The Morgan fingerprint density at radius 1 is 1.17 bits per heavy atom. The second kappa shape index (κ2) is 13.2.